The summed E-state index contributed by atoms with van der Waals surface area (Å²) in [5, 5.41) is 1.17. The van der Waals surface area contributed by atoms with Crippen LogP contribution in [0.2, 0.25) is 5.02 Å². The molecular formula is C24H18ClN3O2. The van der Waals surface area contributed by atoms with E-state index in [-0.39, 0.29) is 5.56 Å². The van der Waals surface area contributed by atoms with E-state index in [0.29, 0.717) is 34.9 Å². The molecule has 1 aliphatic rings. The van der Waals surface area contributed by atoms with E-state index in [0.717, 1.165) is 29.0 Å². The average molecular weight is 416 g/mol. The molecule has 0 unspecified atom stereocenters. The van der Waals surface area contributed by atoms with Crippen molar-refractivity contribution in [2.24, 2.45) is 0 Å². The predicted molar refractivity (Wildman–Crippen MR) is 119 cm³/mol. The largest absolute Gasteiger partial charge is 0.487 e. The van der Waals surface area contributed by atoms with Crippen LogP contribution in [-0.2, 0) is 13.2 Å². The van der Waals surface area contributed by atoms with Crippen LogP contribution in [0.25, 0.3) is 22.6 Å². The third-order valence-electron chi connectivity index (χ3n) is 5.14. The molecule has 0 saturated heterocycles. The number of allylic oxidation sites excluding steroid dienone is 1. The van der Waals surface area contributed by atoms with E-state index in [9.17, 15) is 4.79 Å². The molecule has 1 aliphatic heterocycles. The Morgan fingerprint density at radius 3 is 2.77 bits per heavy atom. The highest BCUT2D eigenvalue weighted by Gasteiger charge is 2.20. The van der Waals surface area contributed by atoms with Gasteiger partial charge in [-0.3, -0.25) is 14.3 Å². The van der Waals surface area contributed by atoms with Crippen molar-refractivity contribution in [1.29, 1.82) is 0 Å². The second-order valence-corrected chi connectivity index (χ2v) is 7.59. The maximum absolute atomic E-state index is 12.8. The van der Waals surface area contributed by atoms with Crippen LogP contribution in [0.1, 0.15) is 23.5 Å². The van der Waals surface area contributed by atoms with Crippen LogP contribution in [-0.4, -0.2) is 14.5 Å². The van der Waals surface area contributed by atoms with Crippen molar-refractivity contribution in [2.45, 2.75) is 19.6 Å². The first kappa shape index (κ1) is 18.6. The molecule has 5 nitrogen and oxygen atoms in total. The molecule has 0 aliphatic carbocycles. The van der Waals surface area contributed by atoms with Gasteiger partial charge in [-0.05, 0) is 66.1 Å². The van der Waals surface area contributed by atoms with Crippen molar-refractivity contribution < 1.29 is 4.74 Å². The first-order valence-corrected chi connectivity index (χ1v) is 10.1. The molecule has 0 atom stereocenters. The van der Waals surface area contributed by atoms with Crippen molar-refractivity contribution in [3.05, 3.63) is 99.3 Å². The van der Waals surface area contributed by atoms with Gasteiger partial charge in [-0.25, -0.2) is 4.98 Å². The smallest absolute Gasteiger partial charge is 0.261 e. The zero-order valence-electron chi connectivity index (χ0n) is 16.1. The highest BCUT2D eigenvalue weighted by Crippen LogP contribution is 2.28. The van der Waals surface area contributed by atoms with Gasteiger partial charge in [0.2, 0.25) is 0 Å². The molecule has 3 heterocycles. The van der Waals surface area contributed by atoms with Gasteiger partial charge in [0.15, 0.2) is 0 Å². The van der Waals surface area contributed by atoms with Crippen molar-refractivity contribution in [2.75, 3.05) is 0 Å². The molecule has 5 rings (SSSR count). The number of fused-ring (bicyclic) bond motifs is 2. The maximum Gasteiger partial charge on any atom is 0.261 e. The molecule has 0 saturated carbocycles. The highest BCUT2D eigenvalue weighted by atomic mass is 35.5. The molecule has 0 bridgehead atoms. The van der Waals surface area contributed by atoms with E-state index in [2.05, 4.69) is 11.1 Å². The molecule has 0 N–H and O–H groups in total. The molecule has 0 spiro atoms. The summed E-state index contributed by atoms with van der Waals surface area (Å²) in [6.07, 6.45) is 4.60. The molecule has 148 valence electrons. The summed E-state index contributed by atoms with van der Waals surface area (Å²) in [5.74, 6) is 1.50. The Hall–Kier alpha value is -3.44. The number of benzene rings is 2. The molecular weight excluding hydrogens is 398 g/mol. The minimum absolute atomic E-state index is 0.0201. The summed E-state index contributed by atoms with van der Waals surface area (Å²) in [5.41, 5.74) is 3.56. The van der Waals surface area contributed by atoms with Gasteiger partial charge < -0.3 is 4.74 Å². The van der Waals surface area contributed by atoms with Crippen LogP contribution in [0.3, 0.4) is 0 Å². The normalized spacial score (nSPS) is 14.2. The number of hydrogen-bond acceptors (Lipinski definition) is 4. The number of aromatic nitrogens is 3. The van der Waals surface area contributed by atoms with Gasteiger partial charge in [-0.2, -0.15) is 0 Å². The van der Waals surface area contributed by atoms with E-state index in [1.54, 1.807) is 29.0 Å². The van der Waals surface area contributed by atoms with Gasteiger partial charge in [0.25, 0.3) is 5.56 Å². The Kier molecular flexibility index (Phi) is 4.81. The minimum Gasteiger partial charge on any atom is -0.487 e. The topological polar surface area (TPSA) is 57.0 Å². The summed E-state index contributed by atoms with van der Waals surface area (Å²) in [6.45, 7) is 1.06. The van der Waals surface area contributed by atoms with E-state index < -0.39 is 0 Å². The minimum atomic E-state index is -0.0201. The molecule has 4 aromatic rings. The van der Waals surface area contributed by atoms with Gasteiger partial charge in [0.1, 0.15) is 18.2 Å². The average Bonchev–Trinajstić information content (AvgIpc) is 3.16. The summed E-state index contributed by atoms with van der Waals surface area (Å²) in [4.78, 5) is 21.8. The zero-order chi connectivity index (χ0) is 20.5. The first-order valence-electron chi connectivity index (χ1n) is 9.71. The molecule has 0 amide bonds. The predicted octanol–water partition coefficient (Wildman–Crippen LogP) is 4.97. The Labute approximate surface area is 178 Å². The van der Waals surface area contributed by atoms with Gasteiger partial charge >= 0.3 is 0 Å². The van der Waals surface area contributed by atoms with Crippen molar-refractivity contribution in [1.82, 2.24) is 14.5 Å². The van der Waals surface area contributed by atoms with Gasteiger partial charge in [-0.1, -0.05) is 29.8 Å². The van der Waals surface area contributed by atoms with E-state index in [4.69, 9.17) is 21.3 Å². The highest BCUT2D eigenvalue weighted by molar-refractivity contribution is 6.31. The third kappa shape index (κ3) is 3.60. The Bertz CT molecular complexity index is 1310. The molecule has 2 aromatic heterocycles. The first-order chi connectivity index (χ1) is 14.7. The van der Waals surface area contributed by atoms with E-state index >= 15 is 0 Å². The van der Waals surface area contributed by atoms with Crippen LogP contribution in [0, 0.1) is 0 Å². The van der Waals surface area contributed by atoms with Gasteiger partial charge in [0, 0.05) is 17.8 Å². The monoisotopic (exact) mass is 415 g/mol. The lowest BCUT2D eigenvalue weighted by atomic mass is 10.1. The number of pyridine rings is 1. The Morgan fingerprint density at radius 2 is 1.97 bits per heavy atom. The fraction of sp³-hybridized carbons (Fsp3) is 0.125. The third-order valence-corrected chi connectivity index (χ3v) is 5.38. The lowest BCUT2D eigenvalue weighted by molar-refractivity contribution is 0.301. The van der Waals surface area contributed by atoms with Crippen LogP contribution in [0.15, 0.2) is 71.7 Å². The lowest BCUT2D eigenvalue weighted by Gasteiger charge is -2.07. The molecule has 2 aromatic carbocycles. The summed E-state index contributed by atoms with van der Waals surface area (Å²) >= 11 is 6.09. The molecule has 0 fully saturated rings. The molecule has 0 radical (unpaired) electrons. The molecule has 6 heteroatoms. The van der Waals surface area contributed by atoms with E-state index in [1.807, 2.05) is 42.5 Å². The van der Waals surface area contributed by atoms with Gasteiger partial charge in [0.05, 0.1) is 16.6 Å². The Morgan fingerprint density at radius 1 is 1.10 bits per heavy atom. The van der Waals surface area contributed by atoms with Crippen molar-refractivity contribution >= 4 is 34.2 Å². The zero-order valence-corrected chi connectivity index (χ0v) is 16.8. The summed E-state index contributed by atoms with van der Waals surface area (Å²) in [7, 11) is 0. The summed E-state index contributed by atoms with van der Waals surface area (Å²) < 4.78 is 7.54. The second kappa shape index (κ2) is 7.76. The van der Waals surface area contributed by atoms with E-state index in [1.165, 1.54) is 0 Å². The van der Waals surface area contributed by atoms with Crippen LogP contribution in [0.5, 0.6) is 5.75 Å². The standard InChI is InChI=1S/C24H18ClN3O2/c25-18-6-9-21-22(14-18)27-23-17(10-12-28(23)24(21)29)13-16-4-7-20(8-5-16)30-15-19-3-1-2-11-26-19/h1-9,11,13-14H,10,12,15H2/b17-13-. The van der Waals surface area contributed by atoms with Crippen LogP contribution < -0.4 is 10.3 Å². The Balaban J connectivity index is 1.40. The van der Waals surface area contributed by atoms with Crippen LogP contribution >= 0.6 is 11.6 Å². The number of halogens is 1. The van der Waals surface area contributed by atoms with Crippen molar-refractivity contribution in [3.63, 3.8) is 0 Å². The number of hydrogen-bond donors (Lipinski definition) is 0. The van der Waals surface area contributed by atoms with Crippen LogP contribution in [0.4, 0.5) is 0 Å². The number of nitrogens with zero attached hydrogens (tertiary/aromatic N) is 3. The second-order valence-electron chi connectivity index (χ2n) is 7.15. The fourth-order valence-electron chi connectivity index (χ4n) is 3.63. The van der Waals surface area contributed by atoms with Crippen molar-refractivity contribution in [3.8, 4) is 5.75 Å². The number of rotatable bonds is 4. The van der Waals surface area contributed by atoms with Gasteiger partial charge in [-0.15, -0.1) is 0 Å². The molecule has 30 heavy (non-hydrogen) atoms. The summed E-state index contributed by atoms with van der Waals surface area (Å²) in [6, 6.07) is 18.8. The quantitative estimate of drug-likeness (QED) is 0.472. The number of ether oxygens (including phenoxy) is 1. The maximum atomic E-state index is 12.8. The lowest BCUT2D eigenvalue weighted by Crippen LogP contribution is -2.20. The SMILES string of the molecule is O=c1c2ccc(Cl)cc2nc2n1CC/C2=C/c1ccc(OCc2ccccn2)cc1. The fourth-order valence-corrected chi connectivity index (χ4v) is 3.80.